The number of hydrogen-bond acceptors (Lipinski definition) is 5. The molecule has 13 heavy (non-hydrogen) atoms. The molecule has 2 unspecified atom stereocenters. The molecular weight excluding hydrogens is 176 g/mol. The van der Waals surface area contributed by atoms with Crippen molar-refractivity contribution in [1.29, 1.82) is 0 Å². The first kappa shape index (κ1) is 10.6. The highest BCUT2D eigenvalue weighted by Crippen LogP contribution is 2.40. The third-order valence-electron chi connectivity index (χ3n) is 2.17. The van der Waals surface area contributed by atoms with Gasteiger partial charge in [0.05, 0.1) is 19.8 Å². The maximum absolute atomic E-state index is 9.18. The van der Waals surface area contributed by atoms with Gasteiger partial charge in [-0.05, 0) is 0 Å². The topological polar surface area (TPSA) is 79.2 Å². The van der Waals surface area contributed by atoms with Crippen LogP contribution in [0.3, 0.4) is 0 Å². The average Bonchev–Trinajstić information content (AvgIpc) is 2.14. The minimum Gasteiger partial charge on any atom is -0.395 e. The molecule has 76 valence electrons. The van der Waals surface area contributed by atoms with Gasteiger partial charge in [-0.3, -0.25) is 0 Å². The second-order valence-corrected chi connectivity index (χ2v) is 2.99. The van der Waals surface area contributed by atoms with Crippen LogP contribution < -0.4 is 0 Å². The van der Waals surface area contributed by atoms with Crippen LogP contribution in [0.25, 0.3) is 0 Å². The maximum Gasteiger partial charge on any atom is 0.176 e. The lowest BCUT2D eigenvalue weighted by Gasteiger charge is -2.49. The Kier molecular flexibility index (Phi) is 3.40. The molecule has 5 heteroatoms. The minimum atomic E-state index is -1.17. The Balaban J connectivity index is 2.52. The highest BCUT2D eigenvalue weighted by Gasteiger charge is 2.57. The summed E-state index contributed by atoms with van der Waals surface area (Å²) in [6.07, 6.45) is -0.416. The summed E-state index contributed by atoms with van der Waals surface area (Å²) in [5.74, 6) is 0. The zero-order valence-electron chi connectivity index (χ0n) is 7.22. The molecule has 3 N–H and O–H groups in total. The van der Waals surface area contributed by atoms with Gasteiger partial charge in [-0.2, -0.15) is 0 Å². The van der Waals surface area contributed by atoms with Crippen LogP contribution >= 0.6 is 0 Å². The van der Waals surface area contributed by atoms with Crippen molar-refractivity contribution in [3.8, 4) is 0 Å². The predicted molar refractivity (Wildman–Crippen MR) is 43.6 cm³/mol. The molecule has 0 bridgehead atoms. The van der Waals surface area contributed by atoms with Gasteiger partial charge in [-0.1, -0.05) is 6.08 Å². The van der Waals surface area contributed by atoms with Crippen LogP contribution in [0.2, 0.25) is 0 Å². The van der Waals surface area contributed by atoms with Crippen LogP contribution in [0.1, 0.15) is 0 Å². The predicted octanol–water partition coefficient (Wildman–Crippen LogP) is -1.17. The number of aliphatic hydroxyl groups is 3. The fourth-order valence-electron chi connectivity index (χ4n) is 1.15. The van der Waals surface area contributed by atoms with Gasteiger partial charge in [0, 0.05) is 0 Å². The van der Waals surface area contributed by atoms with E-state index in [0.717, 1.165) is 0 Å². The standard InChI is InChI=1S/C8H14O5/c1-2-3-12-7-8(4-9,5-10)6(11)13-7/h2,6-7,9-11H,1,3-5H2. The molecule has 1 aliphatic heterocycles. The molecule has 1 heterocycles. The van der Waals surface area contributed by atoms with Gasteiger partial charge < -0.3 is 24.8 Å². The van der Waals surface area contributed by atoms with Crippen molar-refractivity contribution in [3.63, 3.8) is 0 Å². The highest BCUT2D eigenvalue weighted by molar-refractivity contribution is 4.93. The molecule has 0 aromatic rings. The van der Waals surface area contributed by atoms with E-state index >= 15 is 0 Å². The molecule has 0 aliphatic carbocycles. The van der Waals surface area contributed by atoms with E-state index in [4.69, 9.17) is 19.7 Å². The molecule has 0 saturated carbocycles. The molecule has 1 aliphatic rings. The molecule has 0 aromatic carbocycles. The van der Waals surface area contributed by atoms with Crippen LogP contribution in [-0.2, 0) is 9.47 Å². The number of ether oxygens (including phenoxy) is 2. The summed E-state index contributed by atoms with van der Waals surface area (Å²) in [7, 11) is 0. The summed E-state index contributed by atoms with van der Waals surface area (Å²) in [5.41, 5.74) is -1.09. The largest absolute Gasteiger partial charge is 0.395 e. The van der Waals surface area contributed by atoms with E-state index in [1.807, 2.05) is 0 Å². The summed E-state index contributed by atoms with van der Waals surface area (Å²) in [6, 6.07) is 0. The van der Waals surface area contributed by atoms with E-state index in [-0.39, 0.29) is 19.8 Å². The second-order valence-electron chi connectivity index (χ2n) is 2.99. The highest BCUT2D eigenvalue weighted by atomic mass is 16.8. The van der Waals surface area contributed by atoms with Gasteiger partial charge >= 0.3 is 0 Å². The van der Waals surface area contributed by atoms with Gasteiger partial charge in [-0.15, -0.1) is 6.58 Å². The van der Waals surface area contributed by atoms with Gasteiger partial charge in [0.1, 0.15) is 5.41 Å². The van der Waals surface area contributed by atoms with Gasteiger partial charge in [0.2, 0.25) is 0 Å². The Morgan fingerprint density at radius 3 is 2.46 bits per heavy atom. The zero-order valence-corrected chi connectivity index (χ0v) is 7.22. The number of aliphatic hydroxyl groups excluding tert-OH is 3. The average molecular weight is 190 g/mol. The minimum absolute atomic E-state index is 0.249. The fraction of sp³-hybridized carbons (Fsp3) is 0.750. The Labute approximate surface area is 76.2 Å². The van der Waals surface area contributed by atoms with Crippen LogP contribution in [0.4, 0.5) is 0 Å². The Morgan fingerprint density at radius 2 is 2.08 bits per heavy atom. The molecule has 1 saturated heterocycles. The summed E-state index contributed by atoms with van der Waals surface area (Å²) >= 11 is 0. The van der Waals surface area contributed by atoms with E-state index in [1.54, 1.807) is 0 Å². The number of hydrogen-bond donors (Lipinski definition) is 3. The lowest BCUT2D eigenvalue weighted by Crippen LogP contribution is -2.64. The third-order valence-corrected chi connectivity index (χ3v) is 2.17. The first-order valence-electron chi connectivity index (χ1n) is 3.99. The summed E-state index contributed by atoms with van der Waals surface area (Å²) in [5, 5.41) is 27.1. The third kappa shape index (κ3) is 1.61. The molecule has 0 amide bonds. The SMILES string of the molecule is C=CCOC1OC(O)C1(CO)CO. The zero-order chi connectivity index (χ0) is 9.90. The van der Waals surface area contributed by atoms with Crippen molar-refractivity contribution in [2.45, 2.75) is 12.6 Å². The lowest BCUT2D eigenvalue weighted by molar-refractivity contribution is -0.420. The smallest absolute Gasteiger partial charge is 0.176 e. The second kappa shape index (κ2) is 4.17. The summed E-state index contributed by atoms with van der Waals surface area (Å²) < 4.78 is 9.88. The van der Waals surface area contributed by atoms with Gasteiger partial charge in [-0.25, -0.2) is 0 Å². The molecule has 0 spiro atoms. The first-order valence-corrected chi connectivity index (χ1v) is 3.99. The normalized spacial score (nSPS) is 31.0. The first-order chi connectivity index (χ1) is 6.21. The molecule has 5 nitrogen and oxygen atoms in total. The molecular formula is C8H14O5. The van der Waals surface area contributed by atoms with Crippen molar-refractivity contribution < 1.29 is 24.8 Å². The van der Waals surface area contributed by atoms with Crippen LogP contribution in [0.15, 0.2) is 12.7 Å². The maximum atomic E-state index is 9.18. The molecule has 1 rings (SSSR count). The molecule has 2 atom stereocenters. The Hall–Kier alpha value is -0.460. The van der Waals surface area contributed by atoms with Crippen LogP contribution in [-0.4, -0.2) is 47.7 Å². The molecule has 0 radical (unpaired) electrons. The van der Waals surface area contributed by atoms with Crippen molar-refractivity contribution in [2.75, 3.05) is 19.8 Å². The van der Waals surface area contributed by atoms with Crippen LogP contribution in [0.5, 0.6) is 0 Å². The van der Waals surface area contributed by atoms with Crippen molar-refractivity contribution in [3.05, 3.63) is 12.7 Å². The summed E-state index contributed by atoms with van der Waals surface area (Å²) in [4.78, 5) is 0. The van der Waals surface area contributed by atoms with Crippen LogP contribution in [0, 0.1) is 5.41 Å². The fourth-order valence-corrected chi connectivity index (χ4v) is 1.15. The van der Waals surface area contributed by atoms with E-state index in [0.29, 0.717) is 0 Å². The van der Waals surface area contributed by atoms with Crippen molar-refractivity contribution in [2.24, 2.45) is 5.41 Å². The quantitative estimate of drug-likeness (QED) is 0.476. The van der Waals surface area contributed by atoms with Crippen molar-refractivity contribution in [1.82, 2.24) is 0 Å². The Bertz CT molecular complexity index is 177. The number of rotatable bonds is 5. The van der Waals surface area contributed by atoms with Crippen molar-refractivity contribution >= 4 is 0 Å². The summed E-state index contributed by atoms with van der Waals surface area (Å²) in [6.45, 7) is 2.93. The lowest BCUT2D eigenvalue weighted by atomic mass is 9.83. The Morgan fingerprint density at radius 1 is 1.46 bits per heavy atom. The van der Waals surface area contributed by atoms with E-state index in [9.17, 15) is 5.11 Å². The monoisotopic (exact) mass is 190 g/mol. The molecule has 1 fully saturated rings. The van der Waals surface area contributed by atoms with Gasteiger partial charge in [0.25, 0.3) is 0 Å². The van der Waals surface area contributed by atoms with E-state index < -0.39 is 18.0 Å². The van der Waals surface area contributed by atoms with Gasteiger partial charge in [0.15, 0.2) is 12.6 Å². The van der Waals surface area contributed by atoms with E-state index in [2.05, 4.69) is 6.58 Å². The van der Waals surface area contributed by atoms with E-state index in [1.165, 1.54) is 6.08 Å². The molecule has 0 aromatic heterocycles.